The van der Waals surface area contributed by atoms with Gasteiger partial charge in [0.2, 0.25) is 5.91 Å². The molecule has 0 radical (unpaired) electrons. The van der Waals surface area contributed by atoms with Crippen molar-refractivity contribution in [2.75, 3.05) is 11.9 Å². The first kappa shape index (κ1) is 27.0. The number of hydrogen-bond donors (Lipinski definition) is 1. The summed E-state index contributed by atoms with van der Waals surface area (Å²) in [6.07, 6.45) is -2.04. The Balaban J connectivity index is 1.92. The van der Waals surface area contributed by atoms with Gasteiger partial charge in [-0.05, 0) is 51.8 Å². The molecule has 1 saturated carbocycles. The van der Waals surface area contributed by atoms with E-state index in [0.29, 0.717) is 0 Å². The fourth-order valence-corrected chi connectivity index (χ4v) is 3.24. The third-order valence-corrected chi connectivity index (χ3v) is 5.04. The average molecular weight is 509 g/mol. The molecule has 1 aliphatic rings. The lowest BCUT2D eigenvalue weighted by molar-refractivity contribution is -0.138. The van der Waals surface area contributed by atoms with Gasteiger partial charge in [-0.15, -0.1) is 0 Å². The number of hydrogen-bond acceptors (Lipinski definition) is 5. The molecule has 2 aromatic rings. The number of rotatable bonds is 9. The Morgan fingerprint density at radius 2 is 1.81 bits per heavy atom. The molecule has 194 valence electrons. The van der Waals surface area contributed by atoms with Crippen molar-refractivity contribution in [1.29, 1.82) is 0 Å². The summed E-state index contributed by atoms with van der Waals surface area (Å²) in [5.41, 5.74) is -2.57. The lowest BCUT2D eigenvalue weighted by Crippen LogP contribution is -2.26. The van der Waals surface area contributed by atoms with Crippen LogP contribution in [0.2, 0.25) is 0 Å². The van der Waals surface area contributed by atoms with Crippen molar-refractivity contribution in [1.82, 2.24) is 0 Å². The molecule has 3 rings (SSSR count). The largest absolute Gasteiger partial charge is 0.489 e. The van der Waals surface area contributed by atoms with Gasteiger partial charge >= 0.3 is 12.1 Å². The topological polar surface area (TPSA) is 73.9 Å². The van der Waals surface area contributed by atoms with Crippen LogP contribution < -0.4 is 14.8 Å². The standard InChI is InChI=1S/C26H27F4NO5/c1-5-12-34-22-18(26(28,29)30)10-8-16(21(22)24(33)36-25(2,3)4)14-35-17-9-11-20(19(27)13-17)31-23(32)15-6-7-15/h5,8-11,13,15H,1,6-7,12,14H2,2-4H3,(H,31,32). The molecule has 2 aromatic carbocycles. The van der Waals surface area contributed by atoms with E-state index >= 15 is 0 Å². The number of amides is 1. The Hall–Kier alpha value is -3.56. The fraction of sp³-hybridized carbons (Fsp3) is 0.385. The second kappa shape index (κ2) is 10.6. The first-order chi connectivity index (χ1) is 16.8. The number of esters is 1. The highest BCUT2D eigenvalue weighted by Crippen LogP contribution is 2.40. The molecule has 36 heavy (non-hydrogen) atoms. The number of carbonyl (C=O) groups is 2. The molecule has 10 heteroatoms. The molecule has 1 N–H and O–H groups in total. The minimum Gasteiger partial charge on any atom is -0.489 e. The highest BCUT2D eigenvalue weighted by atomic mass is 19.4. The summed E-state index contributed by atoms with van der Waals surface area (Å²) in [5, 5.41) is 2.50. The van der Waals surface area contributed by atoms with Gasteiger partial charge in [-0.2, -0.15) is 13.2 Å². The van der Waals surface area contributed by atoms with Crippen LogP contribution >= 0.6 is 0 Å². The number of benzene rings is 2. The molecular weight excluding hydrogens is 482 g/mol. The van der Waals surface area contributed by atoms with Gasteiger partial charge in [0.15, 0.2) is 0 Å². The Morgan fingerprint density at radius 1 is 1.11 bits per heavy atom. The highest BCUT2D eigenvalue weighted by molar-refractivity contribution is 5.95. The van der Waals surface area contributed by atoms with E-state index in [1.807, 2.05) is 0 Å². The lowest BCUT2D eigenvalue weighted by atomic mass is 10.0. The SMILES string of the molecule is C=CCOc1c(C(F)(F)F)ccc(COc2ccc(NC(=O)C3CC3)c(F)c2)c1C(=O)OC(C)(C)C. The van der Waals surface area contributed by atoms with Crippen molar-refractivity contribution in [3.63, 3.8) is 0 Å². The van der Waals surface area contributed by atoms with Gasteiger partial charge in [-0.3, -0.25) is 4.79 Å². The number of ether oxygens (including phenoxy) is 3. The average Bonchev–Trinajstić information content (AvgIpc) is 3.61. The maximum atomic E-state index is 14.5. The van der Waals surface area contributed by atoms with Crippen LogP contribution in [0.15, 0.2) is 43.0 Å². The van der Waals surface area contributed by atoms with E-state index in [0.717, 1.165) is 31.0 Å². The summed E-state index contributed by atoms with van der Waals surface area (Å²) < 4.78 is 71.8. The number of carbonyl (C=O) groups excluding carboxylic acids is 2. The highest BCUT2D eigenvalue weighted by Gasteiger charge is 2.38. The minimum atomic E-state index is -4.81. The van der Waals surface area contributed by atoms with E-state index in [2.05, 4.69) is 11.9 Å². The van der Waals surface area contributed by atoms with Crippen molar-refractivity contribution in [3.05, 3.63) is 65.5 Å². The van der Waals surface area contributed by atoms with E-state index in [9.17, 15) is 27.2 Å². The summed E-state index contributed by atoms with van der Waals surface area (Å²) in [5.74, 6) is -2.81. The van der Waals surface area contributed by atoms with Gasteiger partial charge in [-0.1, -0.05) is 18.7 Å². The van der Waals surface area contributed by atoms with Gasteiger partial charge in [0, 0.05) is 17.5 Å². The predicted molar refractivity (Wildman–Crippen MR) is 124 cm³/mol. The van der Waals surface area contributed by atoms with Crippen LogP contribution in [0, 0.1) is 11.7 Å². The van der Waals surface area contributed by atoms with E-state index in [4.69, 9.17) is 14.2 Å². The van der Waals surface area contributed by atoms with Crippen molar-refractivity contribution >= 4 is 17.6 Å². The van der Waals surface area contributed by atoms with Crippen molar-refractivity contribution in [2.45, 2.75) is 52.0 Å². The van der Waals surface area contributed by atoms with Crippen LogP contribution in [-0.2, 0) is 22.3 Å². The van der Waals surface area contributed by atoms with Crippen LogP contribution in [-0.4, -0.2) is 24.1 Å². The first-order valence-electron chi connectivity index (χ1n) is 11.2. The molecule has 1 fully saturated rings. The van der Waals surface area contributed by atoms with Crippen LogP contribution in [0.25, 0.3) is 0 Å². The third-order valence-electron chi connectivity index (χ3n) is 5.04. The van der Waals surface area contributed by atoms with Crippen molar-refractivity contribution in [2.24, 2.45) is 5.92 Å². The predicted octanol–water partition coefficient (Wildman–Crippen LogP) is 6.29. The molecule has 0 saturated heterocycles. The lowest BCUT2D eigenvalue weighted by Gasteiger charge is -2.24. The molecule has 0 atom stereocenters. The Labute approximate surface area is 206 Å². The van der Waals surface area contributed by atoms with E-state index in [1.165, 1.54) is 18.2 Å². The first-order valence-corrected chi connectivity index (χ1v) is 11.2. The molecule has 6 nitrogen and oxygen atoms in total. The molecule has 0 aliphatic heterocycles. The zero-order valence-electron chi connectivity index (χ0n) is 20.1. The number of halogens is 4. The monoisotopic (exact) mass is 509 g/mol. The molecule has 0 unspecified atom stereocenters. The summed E-state index contributed by atoms with van der Waals surface area (Å²) in [6.45, 7) is 7.49. The molecule has 0 aromatic heterocycles. The van der Waals surface area contributed by atoms with Crippen LogP contribution in [0.5, 0.6) is 11.5 Å². The molecule has 1 aliphatic carbocycles. The van der Waals surface area contributed by atoms with Gasteiger partial charge < -0.3 is 19.5 Å². The minimum absolute atomic E-state index is 0.0108. The van der Waals surface area contributed by atoms with E-state index in [-0.39, 0.29) is 42.0 Å². The quantitative estimate of drug-likeness (QED) is 0.244. The Morgan fingerprint density at radius 3 is 2.36 bits per heavy atom. The van der Waals surface area contributed by atoms with E-state index in [1.54, 1.807) is 20.8 Å². The maximum Gasteiger partial charge on any atom is 0.419 e. The van der Waals surface area contributed by atoms with Gasteiger partial charge in [0.25, 0.3) is 0 Å². The molecule has 0 spiro atoms. The van der Waals surface area contributed by atoms with Gasteiger partial charge in [0.05, 0.1) is 11.3 Å². The molecule has 1 amide bonds. The van der Waals surface area contributed by atoms with Crippen LogP contribution in [0.3, 0.4) is 0 Å². The molecule has 0 bridgehead atoms. The third kappa shape index (κ3) is 6.99. The zero-order valence-corrected chi connectivity index (χ0v) is 20.1. The summed E-state index contributed by atoms with van der Waals surface area (Å²) in [7, 11) is 0. The van der Waals surface area contributed by atoms with Crippen molar-refractivity contribution in [3.8, 4) is 11.5 Å². The summed E-state index contributed by atoms with van der Waals surface area (Å²) in [4.78, 5) is 24.8. The second-order valence-electron chi connectivity index (χ2n) is 9.27. The Bertz CT molecular complexity index is 1150. The normalized spacial score (nSPS) is 13.6. The summed E-state index contributed by atoms with van der Waals surface area (Å²) in [6, 6.07) is 5.63. The van der Waals surface area contributed by atoms with Gasteiger partial charge in [0.1, 0.15) is 41.7 Å². The number of alkyl halides is 3. The van der Waals surface area contributed by atoms with Crippen molar-refractivity contribution < 1.29 is 41.4 Å². The second-order valence-corrected chi connectivity index (χ2v) is 9.27. The Kier molecular flexibility index (Phi) is 7.96. The van der Waals surface area contributed by atoms with Crippen LogP contribution in [0.1, 0.15) is 55.1 Å². The number of nitrogens with one attached hydrogen (secondary N) is 1. The zero-order chi connectivity index (χ0) is 26.7. The smallest absolute Gasteiger partial charge is 0.419 e. The van der Waals surface area contributed by atoms with E-state index < -0.39 is 40.4 Å². The maximum absolute atomic E-state index is 14.5. The van der Waals surface area contributed by atoms with Crippen LogP contribution in [0.4, 0.5) is 23.2 Å². The summed E-state index contributed by atoms with van der Waals surface area (Å²) >= 11 is 0. The molecule has 0 heterocycles. The molecular formula is C26H27F4NO5. The fourth-order valence-electron chi connectivity index (χ4n) is 3.24. The number of anilines is 1. The van der Waals surface area contributed by atoms with Gasteiger partial charge in [-0.25, -0.2) is 9.18 Å².